The molecule has 0 aliphatic carbocycles. The number of fused-ring (bicyclic) bond motifs is 1. The predicted molar refractivity (Wildman–Crippen MR) is 143 cm³/mol. The molecule has 0 bridgehead atoms. The average Bonchev–Trinajstić information content (AvgIpc) is 3.33. The van der Waals surface area contributed by atoms with Crippen LogP contribution in [0.25, 0.3) is 22.0 Å². The van der Waals surface area contributed by atoms with Gasteiger partial charge in [-0.15, -0.1) is 0 Å². The summed E-state index contributed by atoms with van der Waals surface area (Å²) >= 11 is 0. The lowest BCUT2D eigenvalue weighted by Gasteiger charge is -2.36. The van der Waals surface area contributed by atoms with E-state index in [2.05, 4.69) is 43.9 Å². The second-order valence-electron chi connectivity index (χ2n) is 10.7. The standard InChI is InChI=1S/C27H40FN3O4Si/c1-9-20-23(21(16-32)31(6)30-20)22-19(28)14-13-18-17(25(29-24(18)22)26(33)34-10-2)12-11-15-35-36(7,8)27(3,4)5/h13-14,29,32H,9-12,15-16H2,1-8H3. The van der Waals surface area contributed by atoms with E-state index < -0.39 is 20.1 Å². The zero-order chi connectivity index (χ0) is 26.8. The Morgan fingerprint density at radius 2 is 1.92 bits per heavy atom. The summed E-state index contributed by atoms with van der Waals surface area (Å²) in [5.74, 6) is -0.908. The van der Waals surface area contributed by atoms with Gasteiger partial charge in [0.2, 0.25) is 0 Å². The number of carbonyl (C=O) groups excluding carboxylic acids is 1. The normalized spacial score (nSPS) is 12.5. The molecule has 9 heteroatoms. The number of H-pyrrole nitrogens is 1. The molecule has 0 aliphatic rings. The molecule has 0 aliphatic heterocycles. The van der Waals surface area contributed by atoms with E-state index in [0.717, 1.165) is 10.9 Å². The molecule has 7 nitrogen and oxygen atoms in total. The Morgan fingerprint density at radius 1 is 1.22 bits per heavy atom. The minimum absolute atomic E-state index is 0.113. The van der Waals surface area contributed by atoms with Crippen LogP contribution in [0, 0.1) is 5.82 Å². The van der Waals surface area contributed by atoms with Crippen molar-refractivity contribution in [2.75, 3.05) is 13.2 Å². The number of carbonyl (C=O) groups is 1. The van der Waals surface area contributed by atoms with Gasteiger partial charge in [0.15, 0.2) is 8.32 Å². The van der Waals surface area contributed by atoms with Crippen molar-refractivity contribution in [3.05, 3.63) is 40.6 Å². The molecule has 0 saturated carbocycles. The van der Waals surface area contributed by atoms with E-state index in [1.807, 2.05) is 6.92 Å². The quantitative estimate of drug-likeness (QED) is 0.199. The van der Waals surface area contributed by atoms with E-state index in [4.69, 9.17) is 9.16 Å². The average molecular weight is 518 g/mol. The number of benzene rings is 1. The van der Waals surface area contributed by atoms with E-state index in [-0.39, 0.29) is 18.3 Å². The second kappa shape index (κ2) is 10.9. The van der Waals surface area contributed by atoms with E-state index in [1.54, 1.807) is 24.7 Å². The molecule has 0 spiro atoms. The van der Waals surface area contributed by atoms with Crippen LogP contribution in [0.4, 0.5) is 4.39 Å². The smallest absolute Gasteiger partial charge is 0.355 e. The first-order valence-electron chi connectivity index (χ1n) is 12.7. The van der Waals surface area contributed by atoms with Crippen LogP contribution < -0.4 is 0 Å². The van der Waals surface area contributed by atoms with Crippen molar-refractivity contribution in [3.8, 4) is 11.1 Å². The highest BCUT2D eigenvalue weighted by Crippen LogP contribution is 2.39. The van der Waals surface area contributed by atoms with Gasteiger partial charge in [-0.05, 0) is 62.0 Å². The lowest BCUT2D eigenvalue weighted by molar-refractivity contribution is 0.0519. The Kier molecular flexibility index (Phi) is 8.47. The Balaban J connectivity index is 2.10. The maximum absolute atomic E-state index is 15.4. The number of aryl methyl sites for hydroxylation is 3. The highest BCUT2D eigenvalue weighted by molar-refractivity contribution is 6.74. The number of aromatic nitrogens is 3. The topological polar surface area (TPSA) is 89.4 Å². The van der Waals surface area contributed by atoms with Gasteiger partial charge in [-0.2, -0.15) is 5.10 Å². The zero-order valence-corrected chi connectivity index (χ0v) is 23.8. The van der Waals surface area contributed by atoms with Crippen LogP contribution in [0.2, 0.25) is 18.1 Å². The van der Waals surface area contributed by atoms with Crippen molar-refractivity contribution in [1.29, 1.82) is 0 Å². The minimum atomic E-state index is -1.89. The Morgan fingerprint density at radius 3 is 2.50 bits per heavy atom. The lowest BCUT2D eigenvalue weighted by Crippen LogP contribution is -2.41. The Hall–Kier alpha value is -2.49. The highest BCUT2D eigenvalue weighted by atomic mass is 28.4. The van der Waals surface area contributed by atoms with Gasteiger partial charge in [-0.25, -0.2) is 9.18 Å². The molecule has 2 N–H and O–H groups in total. The number of aliphatic hydroxyl groups excluding tert-OH is 1. The number of aliphatic hydroxyl groups is 1. The van der Waals surface area contributed by atoms with Crippen LogP contribution in [-0.4, -0.2) is 47.4 Å². The molecule has 1 aromatic carbocycles. The van der Waals surface area contributed by atoms with Gasteiger partial charge < -0.3 is 19.3 Å². The van der Waals surface area contributed by atoms with Crippen molar-refractivity contribution in [2.24, 2.45) is 7.05 Å². The predicted octanol–water partition coefficient (Wildman–Crippen LogP) is 5.89. The number of rotatable bonds is 10. The van der Waals surface area contributed by atoms with Gasteiger partial charge in [0.25, 0.3) is 0 Å². The van der Waals surface area contributed by atoms with Gasteiger partial charge in [-0.3, -0.25) is 4.68 Å². The molecule has 3 rings (SSSR count). The van der Waals surface area contributed by atoms with Crippen molar-refractivity contribution in [3.63, 3.8) is 0 Å². The maximum atomic E-state index is 15.4. The number of hydrogen-bond acceptors (Lipinski definition) is 5. The molecular formula is C27H40FN3O4Si. The van der Waals surface area contributed by atoms with Crippen LogP contribution in [0.15, 0.2) is 12.1 Å². The molecule has 0 amide bonds. The number of nitrogens with one attached hydrogen (secondary N) is 1. The molecule has 3 aromatic rings. The van der Waals surface area contributed by atoms with Crippen LogP contribution >= 0.6 is 0 Å². The molecule has 198 valence electrons. The van der Waals surface area contributed by atoms with E-state index in [0.29, 0.717) is 59.6 Å². The minimum Gasteiger partial charge on any atom is -0.461 e. The number of esters is 1. The number of hydrogen-bond donors (Lipinski definition) is 2. The van der Waals surface area contributed by atoms with E-state index in [1.165, 1.54) is 6.07 Å². The van der Waals surface area contributed by atoms with Crippen LogP contribution in [0.1, 0.15) is 68.5 Å². The molecule has 0 atom stereocenters. The summed E-state index contributed by atoms with van der Waals surface area (Å²) < 4.78 is 28.7. The summed E-state index contributed by atoms with van der Waals surface area (Å²) in [6, 6.07) is 3.13. The Labute approximate surface area is 214 Å². The van der Waals surface area contributed by atoms with Crippen LogP contribution in [-0.2, 0) is 35.7 Å². The fourth-order valence-corrected chi connectivity index (χ4v) is 5.39. The number of nitrogens with zero attached hydrogens (tertiary/aromatic N) is 2. The van der Waals surface area contributed by atoms with Gasteiger partial charge in [-0.1, -0.05) is 27.7 Å². The Bertz CT molecular complexity index is 1240. The summed E-state index contributed by atoms with van der Waals surface area (Å²) in [6.45, 7) is 15.3. The van der Waals surface area contributed by atoms with Crippen molar-refractivity contribution < 1.29 is 23.5 Å². The summed E-state index contributed by atoms with van der Waals surface area (Å²) in [4.78, 5) is 16.1. The van der Waals surface area contributed by atoms with E-state index in [9.17, 15) is 9.90 Å². The SMILES string of the molecule is CCOC(=O)c1[nH]c2c(-c3c(CC)nn(C)c3CO)c(F)ccc2c1CCCO[Si](C)(C)C(C)(C)C. The largest absolute Gasteiger partial charge is 0.461 e. The van der Waals surface area contributed by atoms with Gasteiger partial charge in [0.05, 0.1) is 30.1 Å². The zero-order valence-electron chi connectivity index (χ0n) is 22.8. The van der Waals surface area contributed by atoms with Crippen molar-refractivity contribution >= 4 is 25.2 Å². The van der Waals surface area contributed by atoms with Crippen LogP contribution in [0.5, 0.6) is 0 Å². The fraction of sp³-hybridized carbons (Fsp3) is 0.556. The molecule has 0 unspecified atom stereocenters. The van der Waals surface area contributed by atoms with Crippen LogP contribution in [0.3, 0.4) is 0 Å². The second-order valence-corrected chi connectivity index (χ2v) is 15.5. The third-order valence-corrected chi connectivity index (χ3v) is 11.9. The third-order valence-electron chi connectivity index (χ3n) is 7.32. The first-order chi connectivity index (χ1) is 16.9. The first-order valence-corrected chi connectivity index (χ1v) is 15.6. The van der Waals surface area contributed by atoms with Gasteiger partial charge in [0, 0.05) is 30.2 Å². The summed E-state index contributed by atoms with van der Waals surface area (Å²) in [5.41, 5.74) is 3.72. The number of ether oxygens (including phenoxy) is 1. The first kappa shape index (κ1) is 28.1. The summed E-state index contributed by atoms with van der Waals surface area (Å²) in [7, 11) is -0.155. The van der Waals surface area contributed by atoms with Crippen molar-refractivity contribution in [1.82, 2.24) is 14.8 Å². The molecule has 0 radical (unpaired) electrons. The van der Waals surface area contributed by atoms with Gasteiger partial charge in [0.1, 0.15) is 11.5 Å². The summed E-state index contributed by atoms with van der Waals surface area (Å²) in [6.07, 6.45) is 1.87. The number of aromatic amines is 1. The van der Waals surface area contributed by atoms with E-state index >= 15 is 4.39 Å². The summed E-state index contributed by atoms with van der Waals surface area (Å²) in [5, 5.41) is 15.4. The van der Waals surface area contributed by atoms with Gasteiger partial charge >= 0.3 is 5.97 Å². The van der Waals surface area contributed by atoms with Crippen molar-refractivity contribution in [2.45, 2.75) is 78.6 Å². The fourth-order valence-electron chi connectivity index (χ4n) is 4.31. The number of halogens is 1. The molecule has 2 aromatic heterocycles. The maximum Gasteiger partial charge on any atom is 0.355 e. The molecule has 0 saturated heterocycles. The highest BCUT2D eigenvalue weighted by Gasteiger charge is 2.37. The molecule has 0 fully saturated rings. The monoisotopic (exact) mass is 517 g/mol. The lowest BCUT2D eigenvalue weighted by atomic mass is 9.97. The molecule has 36 heavy (non-hydrogen) atoms. The third kappa shape index (κ3) is 5.28. The molecular weight excluding hydrogens is 477 g/mol. The molecule has 2 heterocycles.